The topological polar surface area (TPSA) is 51.8 Å². The first-order valence-corrected chi connectivity index (χ1v) is 6.53. The van der Waals surface area contributed by atoms with E-state index in [1.807, 2.05) is 36.4 Å². The van der Waals surface area contributed by atoms with Gasteiger partial charge in [0.05, 0.1) is 11.4 Å². The van der Waals surface area contributed by atoms with Crippen molar-refractivity contribution in [3.8, 4) is 22.5 Å². The Balaban J connectivity index is 2.13. The number of hydrogen-bond donors (Lipinski definition) is 1. The van der Waals surface area contributed by atoms with Crippen molar-refractivity contribution in [1.29, 1.82) is 0 Å². The monoisotopic (exact) mass is 261 g/mol. The molecule has 0 spiro atoms. The van der Waals surface area contributed by atoms with E-state index in [0.717, 1.165) is 28.1 Å². The van der Waals surface area contributed by atoms with Crippen LogP contribution in [0.5, 0.6) is 0 Å². The van der Waals surface area contributed by atoms with Crippen LogP contribution in [0.3, 0.4) is 0 Å². The Morgan fingerprint density at radius 2 is 1.30 bits per heavy atom. The zero-order valence-electron chi connectivity index (χ0n) is 11.0. The normalized spacial score (nSPS) is 10.4. The Morgan fingerprint density at radius 1 is 0.750 bits per heavy atom. The maximum Gasteiger partial charge on any atom is 0.0702 e. The summed E-state index contributed by atoms with van der Waals surface area (Å²) in [4.78, 5) is 8.80. The maximum atomic E-state index is 5.80. The molecule has 0 unspecified atom stereocenters. The Bertz CT molecular complexity index is 636. The zero-order chi connectivity index (χ0) is 13.8. The fraction of sp³-hybridized carbons (Fsp3) is 0.0588. The van der Waals surface area contributed by atoms with Gasteiger partial charge in [0.15, 0.2) is 0 Å². The van der Waals surface area contributed by atoms with Crippen molar-refractivity contribution in [2.75, 3.05) is 0 Å². The minimum atomic E-state index is 0.501. The third kappa shape index (κ3) is 2.58. The zero-order valence-corrected chi connectivity index (χ0v) is 11.0. The molecule has 0 aliphatic heterocycles. The van der Waals surface area contributed by atoms with Gasteiger partial charge in [-0.2, -0.15) is 0 Å². The number of pyridine rings is 2. The third-order valence-electron chi connectivity index (χ3n) is 3.15. The molecule has 2 aromatic heterocycles. The molecule has 0 saturated heterocycles. The molecule has 20 heavy (non-hydrogen) atoms. The van der Waals surface area contributed by atoms with Crippen LogP contribution in [0.1, 0.15) is 5.56 Å². The molecule has 98 valence electrons. The Hall–Kier alpha value is -2.52. The predicted molar refractivity (Wildman–Crippen MR) is 80.8 cm³/mol. The largest absolute Gasteiger partial charge is 0.326 e. The van der Waals surface area contributed by atoms with Gasteiger partial charge in [0.2, 0.25) is 0 Å². The molecular formula is C17H15N3. The summed E-state index contributed by atoms with van der Waals surface area (Å²) in [7, 11) is 0. The van der Waals surface area contributed by atoms with Gasteiger partial charge in [0.25, 0.3) is 0 Å². The predicted octanol–water partition coefficient (Wildman–Crippen LogP) is 3.27. The molecule has 2 N–H and O–H groups in total. The molecule has 2 heterocycles. The number of benzene rings is 1. The lowest BCUT2D eigenvalue weighted by Gasteiger charge is -2.08. The van der Waals surface area contributed by atoms with Gasteiger partial charge in [0.1, 0.15) is 0 Å². The molecule has 3 nitrogen and oxygen atoms in total. The lowest BCUT2D eigenvalue weighted by atomic mass is 10.0. The SMILES string of the molecule is NCc1cc(-c2ccccn2)cc(-c2ccccn2)c1. The highest BCUT2D eigenvalue weighted by Crippen LogP contribution is 2.26. The van der Waals surface area contributed by atoms with Crippen molar-refractivity contribution < 1.29 is 0 Å². The summed E-state index contributed by atoms with van der Waals surface area (Å²) in [6.07, 6.45) is 3.59. The molecule has 3 heteroatoms. The van der Waals surface area contributed by atoms with Crippen LogP contribution in [0, 0.1) is 0 Å². The second-order valence-corrected chi connectivity index (χ2v) is 4.55. The Kier molecular flexibility index (Phi) is 3.52. The van der Waals surface area contributed by atoms with Crippen molar-refractivity contribution in [3.63, 3.8) is 0 Å². The van der Waals surface area contributed by atoms with Crippen LogP contribution in [-0.2, 0) is 6.54 Å². The smallest absolute Gasteiger partial charge is 0.0702 e. The maximum absolute atomic E-state index is 5.80. The summed E-state index contributed by atoms with van der Waals surface area (Å²) >= 11 is 0. The molecule has 0 radical (unpaired) electrons. The second kappa shape index (κ2) is 5.63. The highest BCUT2D eigenvalue weighted by atomic mass is 14.7. The van der Waals surface area contributed by atoms with Gasteiger partial charge in [-0.05, 0) is 48.0 Å². The summed E-state index contributed by atoms with van der Waals surface area (Å²) in [6, 6.07) is 18.0. The van der Waals surface area contributed by atoms with Gasteiger partial charge in [-0.15, -0.1) is 0 Å². The van der Waals surface area contributed by atoms with Gasteiger partial charge in [-0.1, -0.05) is 12.1 Å². The van der Waals surface area contributed by atoms with Crippen molar-refractivity contribution in [3.05, 3.63) is 72.6 Å². The molecule has 0 bridgehead atoms. The molecule has 1 aromatic carbocycles. The van der Waals surface area contributed by atoms with Gasteiger partial charge < -0.3 is 5.73 Å². The quantitative estimate of drug-likeness (QED) is 0.787. The van der Waals surface area contributed by atoms with Gasteiger partial charge in [-0.25, -0.2) is 0 Å². The average Bonchev–Trinajstić information content (AvgIpc) is 2.56. The standard InChI is InChI=1S/C17H15N3/c18-12-13-9-14(16-5-1-3-7-19-16)11-15(10-13)17-6-2-4-8-20-17/h1-11H,12,18H2. The van der Waals surface area contributed by atoms with Crippen LogP contribution < -0.4 is 5.73 Å². The number of aromatic nitrogens is 2. The van der Waals surface area contributed by atoms with Crippen LogP contribution in [0.15, 0.2) is 67.0 Å². The van der Waals surface area contributed by atoms with E-state index in [0.29, 0.717) is 6.54 Å². The average molecular weight is 261 g/mol. The van der Waals surface area contributed by atoms with Crippen molar-refractivity contribution in [2.45, 2.75) is 6.54 Å². The summed E-state index contributed by atoms with van der Waals surface area (Å²) in [5.74, 6) is 0. The number of rotatable bonds is 3. The van der Waals surface area contributed by atoms with Gasteiger partial charge in [0, 0.05) is 30.1 Å². The van der Waals surface area contributed by atoms with E-state index in [9.17, 15) is 0 Å². The van der Waals surface area contributed by atoms with Gasteiger partial charge in [-0.3, -0.25) is 9.97 Å². The van der Waals surface area contributed by atoms with Crippen molar-refractivity contribution in [1.82, 2.24) is 9.97 Å². The van der Waals surface area contributed by atoms with Crippen LogP contribution >= 0.6 is 0 Å². The van der Waals surface area contributed by atoms with Crippen molar-refractivity contribution in [2.24, 2.45) is 5.73 Å². The van der Waals surface area contributed by atoms with Crippen LogP contribution in [0.2, 0.25) is 0 Å². The van der Waals surface area contributed by atoms with E-state index in [-0.39, 0.29) is 0 Å². The van der Waals surface area contributed by atoms with E-state index < -0.39 is 0 Å². The third-order valence-corrected chi connectivity index (χ3v) is 3.15. The van der Waals surface area contributed by atoms with Crippen LogP contribution in [0.4, 0.5) is 0 Å². The van der Waals surface area contributed by atoms with E-state index in [4.69, 9.17) is 5.73 Å². The Labute approximate surface area is 118 Å². The molecule has 0 fully saturated rings. The van der Waals surface area contributed by atoms with E-state index in [1.165, 1.54) is 0 Å². The molecule has 0 aliphatic rings. The van der Waals surface area contributed by atoms with Crippen LogP contribution in [0.25, 0.3) is 22.5 Å². The minimum Gasteiger partial charge on any atom is -0.326 e. The summed E-state index contributed by atoms with van der Waals surface area (Å²) in [5.41, 5.74) is 10.9. The van der Waals surface area contributed by atoms with E-state index >= 15 is 0 Å². The lowest BCUT2D eigenvalue weighted by Crippen LogP contribution is -1.98. The Morgan fingerprint density at radius 3 is 1.70 bits per heavy atom. The summed E-state index contributed by atoms with van der Waals surface area (Å²) < 4.78 is 0. The van der Waals surface area contributed by atoms with Crippen molar-refractivity contribution >= 4 is 0 Å². The number of nitrogens with zero attached hydrogens (tertiary/aromatic N) is 2. The molecule has 0 atom stereocenters. The number of hydrogen-bond acceptors (Lipinski definition) is 3. The molecule has 3 aromatic rings. The molecule has 0 amide bonds. The fourth-order valence-corrected chi connectivity index (χ4v) is 2.17. The van der Waals surface area contributed by atoms with Crippen LogP contribution in [-0.4, -0.2) is 9.97 Å². The van der Waals surface area contributed by atoms with Gasteiger partial charge >= 0.3 is 0 Å². The molecular weight excluding hydrogens is 246 g/mol. The molecule has 0 saturated carbocycles. The summed E-state index contributed by atoms with van der Waals surface area (Å²) in [6.45, 7) is 0.501. The van der Waals surface area contributed by atoms with E-state index in [2.05, 4.69) is 28.2 Å². The molecule has 0 aliphatic carbocycles. The summed E-state index contributed by atoms with van der Waals surface area (Å²) in [5, 5.41) is 0. The number of nitrogens with two attached hydrogens (primary N) is 1. The first-order chi connectivity index (χ1) is 9.86. The second-order valence-electron chi connectivity index (χ2n) is 4.55. The van der Waals surface area contributed by atoms with E-state index in [1.54, 1.807) is 12.4 Å². The lowest BCUT2D eigenvalue weighted by molar-refractivity contribution is 1.07. The first-order valence-electron chi connectivity index (χ1n) is 6.53. The molecule has 3 rings (SSSR count). The fourth-order valence-electron chi connectivity index (χ4n) is 2.17. The highest BCUT2D eigenvalue weighted by Gasteiger charge is 2.06. The highest BCUT2D eigenvalue weighted by molar-refractivity contribution is 5.70. The first kappa shape index (κ1) is 12.5. The minimum absolute atomic E-state index is 0.501.